The average molecular weight is 894 g/mol. The summed E-state index contributed by atoms with van der Waals surface area (Å²) in [7, 11) is 1.31. The Morgan fingerprint density at radius 2 is 1.20 bits per heavy atom. The van der Waals surface area contributed by atoms with E-state index in [0.29, 0.717) is 83.4 Å². The van der Waals surface area contributed by atoms with E-state index in [1.165, 1.54) is 57.3 Å². The molecule has 0 spiro atoms. The number of rotatable bonds is 2. The Morgan fingerprint density at radius 1 is 0.636 bits per heavy atom. The Labute approximate surface area is 380 Å². The standard InChI is InChI=1S/C21H16FN3O2.C20H16FN3O.C7H13N3.C2H4O2/c22-17-3-1-2-15(12-17)4-5-16-6-7-18-19(13-16)23-20-8-9-24(14-26)10-11-25(20)21(18)27;21-16-3-1-2-14(12-16)4-5-15-6-7-17-18(13-15)23-19-8-9-22-10-11-24(19)20(17)25;1-3-8-7-9-4-2-6-10(7)5-1;1-4-2-3/h1-3,6-7,12-14H,8-11H2;1-3,6-7,12-13,22H,8-11H2;1-6H2,(H,8,9);2H,1H3. The fourth-order valence-corrected chi connectivity index (χ4v) is 7.67. The highest BCUT2D eigenvalue weighted by atomic mass is 19.1. The van der Waals surface area contributed by atoms with E-state index < -0.39 is 0 Å². The summed E-state index contributed by atoms with van der Waals surface area (Å²) < 4.78 is 33.7. The van der Waals surface area contributed by atoms with E-state index in [4.69, 9.17) is 4.79 Å². The molecule has 4 aromatic carbocycles. The first-order valence-corrected chi connectivity index (χ1v) is 21.7. The van der Waals surface area contributed by atoms with Crippen LogP contribution >= 0.6 is 0 Å². The molecular weight excluding hydrogens is 845 g/mol. The van der Waals surface area contributed by atoms with Crippen molar-refractivity contribution in [2.75, 3.05) is 59.5 Å². The predicted octanol–water partition coefficient (Wildman–Crippen LogP) is 3.86. The van der Waals surface area contributed by atoms with Crippen molar-refractivity contribution in [3.8, 4) is 23.7 Å². The average Bonchev–Trinajstić information content (AvgIpc) is 3.72. The van der Waals surface area contributed by atoms with Crippen LogP contribution in [0.2, 0.25) is 0 Å². The predicted molar refractivity (Wildman–Crippen MR) is 249 cm³/mol. The highest BCUT2D eigenvalue weighted by Crippen LogP contribution is 2.15. The van der Waals surface area contributed by atoms with Gasteiger partial charge in [-0.05, 0) is 85.6 Å². The number of halogens is 2. The van der Waals surface area contributed by atoms with Crippen molar-refractivity contribution in [2.45, 2.75) is 38.8 Å². The van der Waals surface area contributed by atoms with Gasteiger partial charge in [0.2, 0.25) is 6.41 Å². The zero-order chi connectivity index (χ0) is 46.3. The molecule has 6 heterocycles. The summed E-state index contributed by atoms with van der Waals surface area (Å²) in [6.45, 7) is 8.61. The summed E-state index contributed by atoms with van der Waals surface area (Å²) in [4.78, 5) is 63.1. The molecule has 4 aliphatic heterocycles. The number of aromatic nitrogens is 4. The number of carbonyl (C=O) groups is 2. The smallest absolute Gasteiger partial charge is 0.292 e. The van der Waals surface area contributed by atoms with Crippen LogP contribution in [-0.4, -0.2) is 107 Å². The molecule has 66 heavy (non-hydrogen) atoms. The third-order valence-corrected chi connectivity index (χ3v) is 11.0. The number of ether oxygens (including phenoxy) is 1. The van der Waals surface area contributed by atoms with Gasteiger partial charge in [-0.1, -0.05) is 35.8 Å². The largest absolute Gasteiger partial charge is 0.471 e. The van der Waals surface area contributed by atoms with Crippen LogP contribution in [0.25, 0.3) is 21.8 Å². The molecule has 4 aliphatic rings. The minimum absolute atomic E-state index is 0.00617. The van der Waals surface area contributed by atoms with Gasteiger partial charge in [0, 0.05) is 101 Å². The van der Waals surface area contributed by atoms with Gasteiger partial charge in [0.15, 0.2) is 5.96 Å². The van der Waals surface area contributed by atoms with E-state index >= 15 is 0 Å². The summed E-state index contributed by atoms with van der Waals surface area (Å²) in [6.07, 6.45) is 4.55. The first kappa shape index (κ1) is 46.3. The Kier molecular flexibility index (Phi) is 16.0. The lowest BCUT2D eigenvalue weighted by Gasteiger charge is -2.33. The number of methoxy groups -OCH3 is 1. The maximum Gasteiger partial charge on any atom is 0.292 e. The van der Waals surface area contributed by atoms with Gasteiger partial charge in [-0.3, -0.25) is 33.3 Å². The van der Waals surface area contributed by atoms with Crippen molar-refractivity contribution in [1.29, 1.82) is 0 Å². The van der Waals surface area contributed by atoms with Crippen LogP contribution in [0.1, 0.15) is 46.7 Å². The topological polar surface area (TPSA) is 156 Å². The molecule has 0 bridgehead atoms. The van der Waals surface area contributed by atoms with Crippen molar-refractivity contribution in [1.82, 2.24) is 39.5 Å². The van der Waals surface area contributed by atoms with E-state index in [-0.39, 0.29) is 22.8 Å². The second-order valence-electron chi connectivity index (χ2n) is 15.5. The summed E-state index contributed by atoms with van der Waals surface area (Å²) in [5, 5.41) is 7.70. The van der Waals surface area contributed by atoms with Gasteiger partial charge in [-0.25, -0.2) is 18.7 Å². The molecule has 16 heteroatoms. The molecule has 0 saturated carbocycles. The van der Waals surface area contributed by atoms with Crippen LogP contribution < -0.4 is 21.8 Å². The number of hydrogen-bond donors (Lipinski definition) is 2. The first-order chi connectivity index (χ1) is 32.2. The summed E-state index contributed by atoms with van der Waals surface area (Å²) >= 11 is 0. The number of guanidine groups is 1. The molecule has 1 saturated heterocycles. The summed E-state index contributed by atoms with van der Waals surface area (Å²) in [5.74, 6) is 13.8. The van der Waals surface area contributed by atoms with Crippen LogP contribution in [0.4, 0.5) is 8.78 Å². The van der Waals surface area contributed by atoms with Crippen molar-refractivity contribution in [3.63, 3.8) is 0 Å². The van der Waals surface area contributed by atoms with Crippen LogP contribution in [0, 0.1) is 35.3 Å². The highest BCUT2D eigenvalue weighted by Gasteiger charge is 2.19. The molecule has 2 aromatic heterocycles. The molecule has 1 amide bonds. The van der Waals surface area contributed by atoms with Gasteiger partial charge >= 0.3 is 0 Å². The van der Waals surface area contributed by atoms with Gasteiger partial charge < -0.3 is 25.2 Å². The zero-order valence-corrected chi connectivity index (χ0v) is 36.6. The van der Waals surface area contributed by atoms with E-state index in [1.54, 1.807) is 68.6 Å². The third kappa shape index (κ3) is 12.1. The van der Waals surface area contributed by atoms with Crippen LogP contribution in [0.5, 0.6) is 0 Å². The zero-order valence-electron chi connectivity index (χ0n) is 36.6. The number of aliphatic imine (C=N–C) groups is 1. The maximum absolute atomic E-state index is 13.3. The maximum atomic E-state index is 13.3. The van der Waals surface area contributed by atoms with Gasteiger partial charge in [0.05, 0.1) is 28.9 Å². The lowest BCUT2D eigenvalue weighted by atomic mass is 10.1. The molecule has 10 rings (SSSR count). The monoisotopic (exact) mass is 893 g/mol. The number of nitrogens with one attached hydrogen (secondary N) is 2. The fourth-order valence-electron chi connectivity index (χ4n) is 7.67. The minimum atomic E-state index is -0.331. The molecule has 1 fully saturated rings. The lowest BCUT2D eigenvalue weighted by molar-refractivity contribution is -0.126. The number of carbonyl (C=O) groups excluding carboxylic acids is 2. The van der Waals surface area contributed by atoms with Gasteiger partial charge in [0.1, 0.15) is 23.3 Å². The number of benzene rings is 4. The molecule has 14 nitrogen and oxygen atoms in total. The Morgan fingerprint density at radius 3 is 1.76 bits per heavy atom. The minimum Gasteiger partial charge on any atom is -0.471 e. The molecule has 0 atom stereocenters. The van der Waals surface area contributed by atoms with Gasteiger partial charge in [0.25, 0.3) is 17.6 Å². The van der Waals surface area contributed by atoms with E-state index in [9.17, 15) is 23.2 Å². The molecule has 2 N–H and O–H groups in total. The SMILES string of the molecule is C1CN=C2NCCCN2C1.COC=O.O=CN1CCc2nc3cc(C#Cc4cccc(F)c4)ccc3c(=O)n2CC1.O=c1c2ccc(C#Cc3cccc(F)c3)cc2nc2n1CCNCC2. The van der Waals surface area contributed by atoms with E-state index in [1.807, 2.05) is 6.07 Å². The quantitative estimate of drug-likeness (QED) is 0.194. The highest BCUT2D eigenvalue weighted by molar-refractivity contribution is 5.81. The van der Waals surface area contributed by atoms with E-state index in [0.717, 1.165) is 56.4 Å². The Bertz CT molecular complexity index is 3000. The summed E-state index contributed by atoms with van der Waals surface area (Å²) in [6, 6.07) is 22.9. The van der Waals surface area contributed by atoms with Crippen molar-refractivity contribution in [3.05, 3.63) is 151 Å². The number of hydrogen-bond acceptors (Lipinski definition) is 11. The first-order valence-electron chi connectivity index (χ1n) is 21.7. The van der Waals surface area contributed by atoms with Crippen molar-refractivity contribution in [2.24, 2.45) is 4.99 Å². The fraction of sp³-hybridized carbons (Fsp3) is 0.300. The molecule has 6 aromatic rings. The lowest BCUT2D eigenvalue weighted by Crippen LogP contribution is -2.49. The second-order valence-corrected chi connectivity index (χ2v) is 15.5. The van der Waals surface area contributed by atoms with Crippen LogP contribution in [-0.2, 0) is 40.3 Å². The Balaban J connectivity index is 0.000000153. The number of fused-ring (bicyclic) bond motifs is 5. The number of nitrogens with zero attached hydrogens (tertiary/aromatic N) is 7. The van der Waals surface area contributed by atoms with Gasteiger partial charge in [-0.2, -0.15) is 0 Å². The summed E-state index contributed by atoms with van der Waals surface area (Å²) in [5.41, 5.74) is 3.77. The molecular formula is C50H49F2N9O5. The third-order valence-electron chi connectivity index (χ3n) is 11.0. The molecule has 338 valence electrons. The number of amides is 1. The van der Waals surface area contributed by atoms with Crippen LogP contribution in [0.15, 0.2) is 99.5 Å². The normalized spacial score (nSPS) is 14.7. The van der Waals surface area contributed by atoms with Crippen molar-refractivity contribution >= 4 is 40.6 Å². The van der Waals surface area contributed by atoms with Crippen LogP contribution in [0.3, 0.4) is 0 Å². The molecule has 0 aliphatic carbocycles. The Hall–Kier alpha value is -7.69. The molecule has 0 unspecified atom stereocenters. The molecule has 0 radical (unpaired) electrons. The van der Waals surface area contributed by atoms with Crippen molar-refractivity contribution < 1.29 is 23.1 Å². The second kappa shape index (κ2) is 22.8. The van der Waals surface area contributed by atoms with Gasteiger partial charge in [-0.15, -0.1) is 0 Å². The van der Waals surface area contributed by atoms with E-state index in [2.05, 4.69) is 58.9 Å².